The van der Waals surface area contributed by atoms with Crippen LogP contribution in [0.1, 0.15) is 10.6 Å². The first-order chi connectivity index (χ1) is 6.33. The zero-order chi connectivity index (χ0) is 8.84. The fourth-order valence-corrected chi connectivity index (χ4v) is 3.73. The summed E-state index contributed by atoms with van der Waals surface area (Å²) in [5.74, 6) is 1.24. The number of thioether (sulfide) groups is 1. The lowest BCUT2D eigenvalue weighted by Gasteiger charge is -1.95. The lowest BCUT2D eigenvalue weighted by atomic mass is 10.2. The lowest BCUT2D eigenvalue weighted by molar-refractivity contribution is 1.15. The summed E-state index contributed by atoms with van der Waals surface area (Å²) in [6, 6.07) is 4.56. The van der Waals surface area contributed by atoms with E-state index < -0.39 is 0 Å². The molecular weight excluding hydrogens is 198 g/mol. The predicted octanol–water partition coefficient (Wildman–Crippen LogP) is 3.25. The van der Waals surface area contributed by atoms with E-state index >= 15 is 0 Å². The Hall–Kier alpha value is -0.540. The number of rotatable bonds is 0. The molecule has 0 unspecified atom stereocenters. The van der Waals surface area contributed by atoms with Gasteiger partial charge in [-0.25, -0.2) is 4.98 Å². The van der Waals surface area contributed by atoms with Crippen LogP contribution >= 0.6 is 23.1 Å². The second-order valence-electron chi connectivity index (χ2n) is 3.26. The molecular formula is C10H9NS2. The van der Waals surface area contributed by atoms with Gasteiger partial charge in [-0.1, -0.05) is 0 Å². The van der Waals surface area contributed by atoms with Crippen LogP contribution < -0.4 is 0 Å². The molecule has 0 saturated heterocycles. The molecule has 0 amide bonds. The molecule has 0 spiro atoms. The van der Waals surface area contributed by atoms with Gasteiger partial charge in [-0.3, -0.25) is 0 Å². The molecule has 0 atom stereocenters. The second kappa shape index (κ2) is 2.72. The van der Waals surface area contributed by atoms with Gasteiger partial charge in [0.1, 0.15) is 0 Å². The van der Waals surface area contributed by atoms with Gasteiger partial charge in [0.25, 0.3) is 0 Å². The molecule has 3 heteroatoms. The summed E-state index contributed by atoms with van der Waals surface area (Å²) in [4.78, 5) is 5.97. The first-order valence-corrected chi connectivity index (χ1v) is 6.16. The number of hydrogen-bond acceptors (Lipinski definition) is 3. The van der Waals surface area contributed by atoms with E-state index in [0.717, 1.165) is 0 Å². The average molecular weight is 207 g/mol. The topological polar surface area (TPSA) is 12.9 Å². The molecule has 2 heterocycles. The van der Waals surface area contributed by atoms with Crippen LogP contribution in [0, 0.1) is 6.92 Å². The molecule has 2 aromatic rings. The van der Waals surface area contributed by atoms with Gasteiger partial charge >= 0.3 is 0 Å². The van der Waals surface area contributed by atoms with Crippen molar-refractivity contribution < 1.29 is 0 Å². The first kappa shape index (κ1) is 7.83. The Kier molecular flexibility index (Phi) is 1.64. The van der Waals surface area contributed by atoms with E-state index in [9.17, 15) is 0 Å². The van der Waals surface area contributed by atoms with E-state index in [1.54, 1.807) is 11.3 Å². The van der Waals surface area contributed by atoms with Crippen LogP contribution in [0.2, 0.25) is 0 Å². The Morgan fingerprint density at radius 3 is 3.23 bits per heavy atom. The molecule has 66 valence electrons. The molecule has 0 bridgehead atoms. The minimum absolute atomic E-state index is 1.17. The van der Waals surface area contributed by atoms with E-state index in [4.69, 9.17) is 0 Å². The van der Waals surface area contributed by atoms with Crippen LogP contribution in [0.25, 0.3) is 10.2 Å². The largest absolute Gasteiger partial charge is 0.242 e. The van der Waals surface area contributed by atoms with Gasteiger partial charge in [0.2, 0.25) is 0 Å². The fourth-order valence-electron chi connectivity index (χ4n) is 1.71. The first-order valence-electron chi connectivity index (χ1n) is 4.36. The summed E-state index contributed by atoms with van der Waals surface area (Å²) in [5.41, 5.74) is 2.67. The van der Waals surface area contributed by atoms with Crippen LogP contribution in [-0.2, 0) is 6.42 Å². The van der Waals surface area contributed by atoms with Crippen molar-refractivity contribution in [1.82, 2.24) is 4.98 Å². The van der Waals surface area contributed by atoms with Gasteiger partial charge in [-0.2, -0.15) is 0 Å². The molecule has 0 radical (unpaired) electrons. The van der Waals surface area contributed by atoms with Crippen molar-refractivity contribution in [1.29, 1.82) is 0 Å². The van der Waals surface area contributed by atoms with Crippen molar-refractivity contribution in [2.45, 2.75) is 18.2 Å². The highest BCUT2D eigenvalue weighted by Crippen LogP contribution is 2.35. The molecule has 3 rings (SSSR count). The molecule has 1 aromatic heterocycles. The third-order valence-electron chi connectivity index (χ3n) is 2.31. The van der Waals surface area contributed by atoms with Crippen LogP contribution in [0.5, 0.6) is 0 Å². The maximum absolute atomic E-state index is 4.50. The molecule has 1 nitrogen and oxygen atoms in total. The quantitative estimate of drug-likeness (QED) is 0.657. The summed E-state index contributed by atoms with van der Waals surface area (Å²) in [6.07, 6.45) is 1.21. The summed E-state index contributed by atoms with van der Waals surface area (Å²) in [6.45, 7) is 2.07. The zero-order valence-electron chi connectivity index (χ0n) is 7.33. The highest BCUT2D eigenvalue weighted by atomic mass is 32.2. The monoisotopic (exact) mass is 207 g/mol. The van der Waals surface area contributed by atoms with Gasteiger partial charge < -0.3 is 0 Å². The van der Waals surface area contributed by atoms with Crippen molar-refractivity contribution in [2.24, 2.45) is 0 Å². The van der Waals surface area contributed by atoms with Crippen LogP contribution in [-0.4, -0.2) is 10.7 Å². The van der Waals surface area contributed by atoms with Gasteiger partial charge in [0.05, 0.1) is 15.2 Å². The maximum atomic E-state index is 4.50. The Morgan fingerprint density at radius 1 is 1.38 bits per heavy atom. The number of aryl methyl sites for hydroxylation is 2. The predicted molar refractivity (Wildman–Crippen MR) is 58.8 cm³/mol. The van der Waals surface area contributed by atoms with Crippen molar-refractivity contribution in [3.8, 4) is 0 Å². The Bertz CT molecular complexity index is 432. The number of hydrogen-bond donors (Lipinski definition) is 0. The van der Waals surface area contributed by atoms with Crippen LogP contribution in [0.3, 0.4) is 0 Å². The SMILES string of the molecule is Cc1nc2cc3c(cc2s1)SCC3. The number of nitrogens with zero attached hydrogens (tertiary/aromatic N) is 1. The van der Waals surface area contributed by atoms with E-state index in [0.29, 0.717) is 0 Å². The van der Waals surface area contributed by atoms with Gasteiger partial charge in [-0.15, -0.1) is 23.1 Å². The standard InChI is InChI=1S/C10H9NS2/c1-6-11-8-4-7-2-3-12-9(7)5-10(8)13-6/h4-5H,2-3H2,1H3. The minimum atomic E-state index is 1.17. The number of aromatic nitrogens is 1. The molecule has 13 heavy (non-hydrogen) atoms. The maximum Gasteiger partial charge on any atom is 0.0907 e. The summed E-state index contributed by atoms with van der Waals surface area (Å²) in [5, 5.41) is 1.17. The fraction of sp³-hybridized carbons (Fsp3) is 0.300. The third-order valence-corrected chi connectivity index (χ3v) is 4.34. The van der Waals surface area contributed by atoms with Gasteiger partial charge in [-0.05, 0) is 31.0 Å². The third kappa shape index (κ3) is 1.18. The van der Waals surface area contributed by atoms with Crippen molar-refractivity contribution in [3.63, 3.8) is 0 Å². The van der Waals surface area contributed by atoms with Gasteiger partial charge in [0, 0.05) is 10.6 Å². The Labute approximate surface area is 85.2 Å². The number of fused-ring (bicyclic) bond motifs is 2. The minimum Gasteiger partial charge on any atom is -0.242 e. The van der Waals surface area contributed by atoms with Crippen LogP contribution in [0.4, 0.5) is 0 Å². The highest BCUT2D eigenvalue weighted by Gasteiger charge is 2.13. The second-order valence-corrected chi connectivity index (χ2v) is 5.63. The zero-order valence-corrected chi connectivity index (χ0v) is 8.97. The molecule has 1 aromatic carbocycles. The smallest absolute Gasteiger partial charge is 0.0907 e. The van der Waals surface area contributed by atoms with E-state index in [1.807, 2.05) is 11.8 Å². The summed E-state index contributed by atoms with van der Waals surface area (Å²) >= 11 is 3.76. The Balaban J connectivity index is 2.35. The van der Waals surface area contributed by atoms with E-state index in [-0.39, 0.29) is 0 Å². The average Bonchev–Trinajstić information content (AvgIpc) is 2.63. The van der Waals surface area contributed by atoms with Gasteiger partial charge in [0.15, 0.2) is 0 Å². The normalized spacial score (nSPS) is 15.2. The lowest BCUT2D eigenvalue weighted by Crippen LogP contribution is -1.79. The highest BCUT2D eigenvalue weighted by molar-refractivity contribution is 7.99. The summed E-state index contributed by atoms with van der Waals surface area (Å²) < 4.78 is 1.34. The summed E-state index contributed by atoms with van der Waals surface area (Å²) in [7, 11) is 0. The molecule has 1 aliphatic heterocycles. The van der Waals surface area contributed by atoms with Crippen molar-refractivity contribution >= 4 is 33.3 Å². The molecule has 1 aliphatic rings. The molecule has 0 aliphatic carbocycles. The van der Waals surface area contributed by atoms with Crippen molar-refractivity contribution in [3.05, 3.63) is 22.7 Å². The van der Waals surface area contributed by atoms with Crippen LogP contribution in [0.15, 0.2) is 17.0 Å². The number of thiazole rings is 1. The van der Waals surface area contributed by atoms with E-state index in [1.165, 1.54) is 37.9 Å². The molecule has 0 N–H and O–H groups in total. The molecule has 0 fully saturated rings. The van der Waals surface area contributed by atoms with Crippen molar-refractivity contribution in [2.75, 3.05) is 5.75 Å². The van der Waals surface area contributed by atoms with E-state index in [2.05, 4.69) is 24.0 Å². The Morgan fingerprint density at radius 2 is 2.31 bits per heavy atom. The number of benzene rings is 1. The molecule has 0 saturated carbocycles.